The lowest BCUT2D eigenvalue weighted by Gasteiger charge is -2.71. The number of carbonyl (C=O) groups excluding carboxylic acids is 4. The first-order valence-electron chi connectivity index (χ1n) is 12.7. The van der Waals surface area contributed by atoms with Gasteiger partial charge in [0.1, 0.15) is 10.8 Å². The van der Waals surface area contributed by atoms with Crippen LogP contribution in [0.1, 0.15) is 23.0 Å². The Hall–Kier alpha value is -4.60. The van der Waals surface area contributed by atoms with Gasteiger partial charge in [-0.25, -0.2) is 9.59 Å². The minimum Gasteiger partial charge on any atom is -0.468 e. The third kappa shape index (κ3) is 3.41. The zero-order valence-electron chi connectivity index (χ0n) is 22.5. The third-order valence-corrected chi connectivity index (χ3v) is 8.48. The summed E-state index contributed by atoms with van der Waals surface area (Å²) in [5.41, 5.74) is -1.39. The molecule has 5 rings (SSSR count). The second kappa shape index (κ2) is 10.2. The fraction of sp³-hybridized carbons (Fsp3) is 0.333. The molecule has 2 aromatic rings. The van der Waals surface area contributed by atoms with Crippen LogP contribution >= 0.6 is 0 Å². The van der Waals surface area contributed by atoms with Crippen LogP contribution in [0.5, 0.6) is 0 Å². The molecule has 10 heteroatoms. The zero-order chi connectivity index (χ0) is 28.7. The third-order valence-electron chi connectivity index (χ3n) is 8.48. The summed E-state index contributed by atoms with van der Waals surface area (Å²) in [6.45, 7) is 0. The summed E-state index contributed by atoms with van der Waals surface area (Å²) < 4.78 is 21.0. The number of esters is 4. The number of rotatable bonds is 6. The first-order valence-corrected chi connectivity index (χ1v) is 12.7. The van der Waals surface area contributed by atoms with Crippen LogP contribution in [0.15, 0.2) is 84.2 Å². The quantitative estimate of drug-likeness (QED) is 0.410. The van der Waals surface area contributed by atoms with Crippen LogP contribution in [0.4, 0.5) is 0 Å². The van der Waals surface area contributed by atoms with Crippen LogP contribution in [0.25, 0.3) is 0 Å². The standard InChI is InChI=1S/C30H30N2O8/c1-37-23(33)19-15-31-25-29(27(35)39-3,21(19)17-11-7-5-8-12-17)26-30(25,28(36)40-4)22(18-13-9-6-10-14-18)20(16-32-26)24(34)38-2/h5-16,21-22,25-26,31-32H,1-4H3/t21-,22+,25?,26?,29?,30?. The Morgan fingerprint density at radius 3 is 1.23 bits per heavy atom. The molecular weight excluding hydrogens is 516 g/mol. The highest BCUT2D eigenvalue weighted by atomic mass is 16.5. The lowest BCUT2D eigenvalue weighted by Crippen LogP contribution is -2.88. The summed E-state index contributed by atoms with van der Waals surface area (Å²) in [5.74, 6) is -4.32. The molecule has 0 unspecified atom stereocenters. The molecule has 2 N–H and O–H groups in total. The minimum atomic E-state index is -1.53. The van der Waals surface area contributed by atoms with E-state index in [4.69, 9.17) is 18.9 Å². The lowest BCUT2D eigenvalue weighted by atomic mass is 9.34. The van der Waals surface area contributed by atoms with E-state index < -0.39 is 58.6 Å². The van der Waals surface area contributed by atoms with Gasteiger partial charge in [-0.05, 0) is 11.1 Å². The van der Waals surface area contributed by atoms with Crippen molar-refractivity contribution in [3.63, 3.8) is 0 Å². The number of methoxy groups -OCH3 is 4. The number of ether oxygens (including phenoxy) is 4. The van der Waals surface area contributed by atoms with E-state index in [1.54, 1.807) is 48.5 Å². The van der Waals surface area contributed by atoms with Crippen LogP contribution in [0.2, 0.25) is 0 Å². The first kappa shape index (κ1) is 27.0. The summed E-state index contributed by atoms with van der Waals surface area (Å²) in [7, 11) is 5.05. The maximum atomic E-state index is 14.1. The van der Waals surface area contributed by atoms with Crippen LogP contribution in [-0.2, 0) is 38.1 Å². The molecule has 1 saturated carbocycles. The van der Waals surface area contributed by atoms with E-state index in [0.29, 0.717) is 11.1 Å². The molecule has 10 nitrogen and oxygen atoms in total. The van der Waals surface area contributed by atoms with Crippen LogP contribution < -0.4 is 10.6 Å². The van der Waals surface area contributed by atoms with Crippen LogP contribution in [-0.4, -0.2) is 64.4 Å². The smallest absolute Gasteiger partial charge is 0.335 e. The van der Waals surface area contributed by atoms with Gasteiger partial charge in [0.2, 0.25) is 0 Å². The van der Waals surface area contributed by atoms with E-state index in [9.17, 15) is 19.2 Å². The highest BCUT2D eigenvalue weighted by molar-refractivity contribution is 6.00. The molecule has 0 atom stereocenters. The van der Waals surface area contributed by atoms with Crippen molar-refractivity contribution >= 4 is 23.9 Å². The number of hydrogen-bond acceptors (Lipinski definition) is 10. The lowest BCUT2D eigenvalue weighted by molar-refractivity contribution is -0.212. The average molecular weight is 547 g/mol. The van der Waals surface area contributed by atoms with Crippen molar-refractivity contribution in [2.75, 3.05) is 28.4 Å². The van der Waals surface area contributed by atoms with Gasteiger partial charge in [-0.1, -0.05) is 60.7 Å². The molecule has 0 bridgehead atoms. The topological polar surface area (TPSA) is 129 Å². The fourth-order valence-electron chi connectivity index (χ4n) is 7.12. The molecule has 0 aromatic heterocycles. The molecular formula is C30H30N2O8. The molecule has 0 saturated heterocycles. The Kier molecular flexibility index (Phi) is 6.87. The Bertz CT molecular complexity index is 1290. The second-order valence-electron chi connectivity index (χ2n) is 9.92. The molecule has 2 heterocycles. The van der Waals surface area contributed by atoms with Gasteiger partial charge in [-0.15, -0.1) is 0 Å². The predicted octanol–water partition coefficient (Wildman–Crippen LogP) is 1.94. The summed E-state index contributed by atoms with van der Waals surface area (Å²) in [6.07, 6.45) is 2.96. The number of fused-ring (bicyclic) bond motifs is 4. The van der Waals surface area contributed by atoms with Crippen molar-refractivity contribution in [3.05, 3.63) is 95.3 Å². The van der Waals surface area contributed by atoms with Crippen LogP contribution in [0, 0.1) is 10.8 Å². The van der Waals surface area contributed by atoms with Crippen molar-refractivity contribution in [3.8, 4) is 0 Å². The van der Waals surface area contributed by atoms with Gasteiger partial charge in [-0.2, -0.15) is 0 Å². The number of hydrogen-bond donors (Lipinski definition) is 2. The summed E-state index contributed by atoms with van der Waals surface area (Å²) in [5, 5.41) is 6.38. The van der Waals surface area contributed by atoms with Gasteiger partial charge in [-0.3, -0.25) is 9.59 Å². The Labute approximate surface area is 231 Å². The van der Waals surface area contributed by atoms with Gasteiger partial charge in [0.05, 0.1) is 51.7 Å². The van der Waals surface area contributed by atoms with E-state index in [-0.39, 0.29) is 11.1 Å². The van der Waals surface area contributed by atoms with E-state index in [0.717, 1.165) is 0 Å². The van der Waals surface area contributed by atoms with Crippen molar-refractivity contribution in [1.82, 2.24) is 10.6 Å². The highest BCUT2D eigenvalue weighted by Crippen LogP contribution is 2.71. The zero-order valence-corrected chi connectivity index (χ0v) is 22.5. The van der Waals surface area contributed by atoms with Gasteiger partial charge in [0.25, 0.3) is 0 Å². The maximum Gasteiger partial charge on any atom is 0.335 e. The molecule has 1 aliphatic carbocycles. The van der Waals surface area contributed by atoms with E-state index >= 15 is 0 Å². The molecule has 2 aliphatic heterocycles. The predicted molar refractivity (Wildman–Crippen MR) is 141 cm³/mol. The van der Waals surface area contributed by atoms with E-state index in [1.807, 2.05) is 12.1 Å². The van der Waals surface area contributed by atoms with Gasteiger partial charge >= 0.3 is 23.9 Å². The summed E-state index contributed by atoms with van der Waals surface area (Å²) >= 11 is 0. The van der Waals surface area contributed by atoms with Gasteiger partial charge in [0, 0.05) is 24.2 Å². The molecule has 1 fully saturated rings. The van der Waals surface area contributed by atoms with Crippen LogP contribution in [0.3, 0.4) is 0 Å². The molecule has 3 aliphatic rings. The molecule has 2 aromatic carbocycles. The number of benzene rings is 2. The van der Waals surface area contributed by atoms with Crippen molar-refractivity contribution in [2.24, 2.45) is 10.8 Å². The number of nitrogens with one attached hydrogen (secondary N) is 2. The average Bonchev–Trinajstić information content (AvgIpc) is 3.01. The molecule has 0 radical (unpaired) electrons. The first-order chi connectivity index (χ1) is 19.3. The summed E-state index contributed by atoms with van der Waals surface area (Å²) in [4.78, 5) is 54.4. The van der Waals surface area contributed by atoms with E-state index in [2.05, 4.69) is 10.6 Å². The molecule has 0 spiro atoms. The Balaban J connectivity index is 1.85. The Morgan fingerprint density at radius 2 is 0.925 bits per heavy atom. The number of carbonyl (C=O) groups is 4. The largest absolute Gasteiger partial charge is 0.468 e. The monoisotopic (exact) mass is 546 g/mol. The normalized spacial score (nSPS) is 29.8. The fourth-order valence-corrected chi connectivity index (χ4v) is 7.12. The molecule has 40 heavy (non-hydrogen) atoms. The maximum absolute atomic E-state index is 14.1. The SMILES string of the molecule is COC(=O)C1=CNC2C(C(=O)OC)(C3NC=C(C(=O)OC)[C@H](c4ccccc4)C23C(=O)OC)[C@@H]1c1ccccc1. The Morgan fingerprint density at radius 1 is 0.575 bits per heavy atom. The van der Waals surface area contributed by atoms with Crippen molar-refractivity contribution in [2.45, 2.75) is 23.9 Å². The van der Waals surface area contributed by atoms with E-state index in [1.165, 1.54) is 40.8 Å². The van der Waals surface area contributed by atoms with Gasteiger partial charge in [0.15, 0.2) is 0 Å². The van der Waals surface area contributed by atoms with Gasteiger partial charge < -0.3 is 29.6 Å². The van der Waals surface area contributed by atoms with Crippen molar-refractivity contribution < 1.29 is 38.1 Å². The highest BCUT2D eigenvalue weighted by Gasteiger charge is 2.85. The minimum absolute atomic E-state index is 0.189. The summed E-state index contributed by atoms with van der Waals surface area (Å²) in [6, 6.07) is 16.1. The molecule has 208 valence electrons. The molecule has 0 amide bonds. The van der Waals surface area contributed by atoms with Crippen molar-refractivity contribution in [1.29, 1.82) is 0 Å². The second-order valence-corrected chi connectivity index (χ2v) is 9.92.